The van der Waals surface area contributed by atoms with Gasteiger partial charge in [0.25, 0.3) is 0 Å². The molecule has 0 aromatic heterocycles. The van der Waals surface area contributed by atoms with Gasteiger partial charge in [0.2, 0.25) is 10.0 Å². The van der Waals surface area contributed by atoms with Gasteiger partial charge < -0.3 is 5.32 Å². The molecule has 4 nitrogen and oxygen atoms in total. The molecule has 2 fully saturated rings. The number of thioether (sulfide) groups is 1. The third kappa shape index (κ3) is 4.45. The summed E-state index contributed by atoms with van der Waals surface area (Å²) in [5.74, 6) is 2.69. The van der Waals surface area contributed by atoms with Crippen molar-refractivity contribution in [1.29, 1.82) is 0 Å². The normalized spacial score (nSPS) is 22.6. The fourth-order valence-electron chi connectivity index (χ4n) is 2.39. The van der Waals surface area contributed by atoms with Gasteiger partial charge in [0.05, 0.1) is 4.90 Å². The van der Waals surface area contributed by atoms with E-state index in [2.05, 4.69) is 10.0 Å². The molecule has 0 spiro atoms. The van der Waals surface area contributed by atoms with Crippen LogP contribution in [-0.4, -0.2) is 32.5 Å². The minimum atomic E-state index is -3.36. The van der Waals surface area contributed by atoms with E-state index in [4.69, 9.17) is 0 Å². The summed E-state index contributed by atoms with van der Waals surface area (Å²) < 4.78 is 27.2. The highest BCUT2D eigenvalue weighted by atomic mass is 32.2. The van der Waals surface area contributed by atoms with Gasteiger partial charge in [0.15, 0.2) is 0 Å². The lowest BCUT2D eigenvalue weighted by atomic mass is 10.1. The standard InChI is InChI=1S/C15H22N2O2S2/c18-21(19,17-10-13-7-8-20-11-13)15-5-1-12(2-6-15)9-16-14-3-4-14/h1-2,5-6,13-14,16-17H,3-4,7-11H2. The van der Waals surface area contributed by atoms with E-state index in [1.807, 2.05) is 23.9 Å². The predicted molar refractivity (Wildman–Crippen MR) is 86.9 cm³/mol. The second-order valence-electron chi connectivity index (χ2n) is 5.88. The molecule has 1 aromatic carbocycles. The van der Waals surface area contributed by atoms with Crippen molar-refractivity contribution in [2.75, 3.05) is 18.1 Å². The van der Waals surface area contributed by atoms with Gasteiger partial charge >= 0.3 is 0 Å². The Labute approximate surface area is 131 Å². The molecular weight excluding hydrogens is 304 g/mol. The van der Waals surface area contributed by atoms with Crippen molar-refractivity contribution in [1.82, 2.24) is 10.0 Å². The Morgan fingerprint density at radius 3 is 2.52 bits per heavy atom. The zero-order valence-electron chi connectivity index (χ0n) is 12.0. The number of benzene rings is 1. The molecule has 6 heteroatoms. The van der Waals surface area contributed by atoms with Crippen LogP contribution in [-0.2, 0) is 16.6 Å². The predicted octanol–water partition coefficient (Wildman–Crippen LogP) is 1.97. The van der Waals surface area contributed by atoms with Gasteiger partial charge in [-0.15, -0.1) is 0 Å². The van der Waals surface area contributed by atoms with E-state index in [0.717, 1.165) is 30.0 Å². The first-order chi connectivity index (χ1) is 10.1. The van der Waals surface area contributed by atoms with Gasteiger partial charge in [-0.25, -0.2) is 13.1 Å². The third-order valence-electron chi connectivity index (χ3n) is 3.99. The quantitative estimate of drug-likeness (QED) is 0.804. The summed E-state index contributed by atoms with van der Waals surface area (Å²) >= 11 is 1.90. The van der Waals surface area contributed by atoms with Crippen molar-refractivity contribution in [3.63, 3.8) is 0 Å². The number of nitrogens with one attached hydrogen (secondary N) is 2. The third-order valence-corrected chi connectivity index (χ3v) is 6.66. The SMILES string of the molecule is O=S(=O)(NCC1CCSC1)c1ccc(CNC2CC2)cc1. The monoisotopic (exact) mass is 326 g/mol. The Morgan fingerprint density at radius 1 is 1.14 bits per heavy atom. The molecule has 2 N–H and O–H groups in total. The number of hydrogen-bond acceptors (Lipinski definition) is 4. The molecule has 2 aliphatic rings. The lowest BCUT2D eigenvalue weighted by Gasteiger charge is -2.11. The van der Waals surface area contributed by atoms with Crippen LogP contribution in [0, 0.1) is 5.92 Å². The van der Waals surface area contributed by atoms with E-state index < -0.39 is 10.0 Å². The zero-order valence-corrected chi connectivity index (χ0v) is 13.7. The molecule has 0 bridgehead atoms. The van der Waals surface area contributed by atoms with Crippen molar-refractivity contribution < 1.29 is 8.42 Å². The van der Waals surface area contributed by atoms with Crippen LogP contribution in [0.4, 0.5) is 0 Å². The van der Waals surface area contributed by atoms with Crippen molar-refractivity contribution in [3.8, 4) is 0 Å². The van der Waals surface area contributed by atoms with Crippen LogP contribution in [0.3, 0.4) is 0 Å². The maximum atomic E-state index is 12.2. The summed E-state index contributed by atoms with van der Waals surface area (Å²) in [6.07, 6.45) is 3.63. The maximum Gasteiger partial charge on any atom is 0.240 e. The van der Waals surface area contributed by atoms with Crippen molar-refractivity contribution in [2.24, 2.45) is 5.92 Å². The molecule has 1 saturated heterocycles. The number of rotatable bonds is 7. The Bertz CT molecular complexity index is 562. The van der Waals surface area contributed by atoms with Gasteiger partial charge in [-0.2, -0.15) is 11.8 Å². The Kier molecular flexibility index (Phi) is 4.88. The van der Waals surface area contributed by atoms with Crippen molar-refractivity contribution in [3.05, 3.63) is 29.8 Å². The second-order valence-corrected chi connectivity index (χ2v) is 8.80. The zero-order chi connectivity index (χ0) is 14.7. The smallest absolute Gasteiger partial charge is 0.240 e. The molecule has 1 unspecified atom stereocenters. The summed E-state index contributed by atoms with van der Waals surface area (Å²) in [7, 11) is -3.36. The van der Waals surface area contributed by atoms with Crippen LogP contribution in [0.25, 0.3) is 0 Å². The van der Waals surface area contributed by atoms with Crippen LogP contribution in [0.2, 0.25) is 0 Å². The summed E-state index contributed by atoms with van der Waals surface area (Å²) in [5.41, 5.74) is 1.13. The van der Waals surface area contributed by atoms with Crippen LogP contribution in [0.5, 0.6) is 0 Å². The average Bonchev–Trinajstić information content (AvgIpc) is 3.17. The first-order valence-electron chi connectivity index (χ1n) is 7.53. The first kappa shape index (κ1) is 15.3. The lowest BCUT2D eigenvalue weighted by Crippen LogP contribution is -2.29. The van der Waals surface area contributed by atoms with Crippen molar-refractivity contribution >= 4 is 21.8 Å². The molecule has 1 saturated carbocycles. The summed E-state index contributed by atoms with van der Waals surface area (Å²) in [6, 6.07) is 7.87. The lowest BCUT2D eigenvalue weighted by molar-refractivity contribution is 0.546. The molecule has 1 aliphatic carbocycles. The van der Waals surface area contributed by atoms with Crippen molar-refractivity contribution in [2.45, 2.75) is 36.7 Å². The molecule has 1 aliphatic heterocycles. The van der Waals surface area contributed by atoms with Gasteiger partial charge in [0.1, 0.15) is 0 Å². The maximum absolute atomic E-state index is 12.2. The Balaban J connectivity index is 1.55. The van der Waals surface area contributed by atoms with Crippen LogP contribution < -0.4 is 10.0 Å². The van der Waals surface area contributed by atoms with E-state index in [9.17, 15) is 8.42 Å². The summed E-state index contributed by atoms with van der Waals surface area (Å²) in [6.45, 7) is 1.37. The van der Waals surface area contributed by atoms with Gasteiger partial charge in [-0.3, -0.25) is 0 Å². The van der Waals surface area contributed by atoms with Crippen LogP contribution >= 0.6 is 11.8 Å². The van der Waals surface area contributed by atoms with E-state index in [-0.39, 0.29) is 0 Å². The topological polar surface area (TPSA) is 58.2 Å². The van der Waals surface area contributed by atoms with Gasteiger partial charge in [-0.05, 0) is 54.4 Å². The Morgan fingerprint density at radius 2 is 1.90 bits per heavy atom. The van der Waals surface area contributed by atoms with E-state index in [1.54, 1.807) is 12.1 Å². The highest BCUT2D eigenvalue weighted by Crippen LogP contribution is 2.23. The average molecular weight is 326 g/mol. The van der Waals surface area contributed by atoms with Crippen LogP contribution in [0.15, 0.2) is 29.2 Å². The van der Waals surface area contributed by atoms with Crippen LogP contribution in [0.1, 0.15) is 24.8 Å². The molecule has 116 valence electrons. The molecule has 1 atom stereocenters. The summed E-state index contributed by atoms with van der Waals surface area (Å²) in [5, 5.41) is 3.43. The molecule has 1 heterocycles. The second kappa shape index (κ2) is 6.69. The first-order valence-corrected chi connectivity index (χ1v) is 10.2. The molecular formula is C15H22N2O2S2. The largest absolute Gasteiger partial charge is 0.310 e. The summed E-state index contributed by atoms with van der Waals surface area (Å²) in [4.78, 5) is 0.364. The number of sulfonamides is 1. The van der Waals surface area contributed by atoms with Gasteiger partial charge in [0, 0.05) is 19.1 Å². The molecule has 0 radical (unpaired) electrons. The molecule has 1 aromatic rings. The number of hydrogen-bond donors (Lipinski definition) is 2. The fraction of sp³-hybridized carbons (Fsp3) is 0.600. The van der Waals surface area contributed by atoms with E-state index in [1.165, 1.54) is 12.8 Å². The molecule has 21 heavy (non-hydrogen) atoms. The highest BCUT2D eigenvalue weighted by molar-refractivity contribution is 7.99. The molecule has 3 rings (SSSR count). The fourth-order valence-corrected chi connectivity index (χ4v) is 4.79. The van der Waals surface area contributed by atoms with Gasteiger partial charge in [-0.1, -0.05) is 12.1 Å². The van der Waals surface area contributed by atoms with E-state index in [0.29, 0.717) is 23.4 Å². The van der Waals surface area contributed by atoms with E-state index >= 15 is 0 Å². The Hall–Kier alpha value is -0.560. The molecule has 0 amide bonds. The minimum Gasteiger partial charge on any atom is -0.310 e. The minimum absolute atomic E-state index is 0.364. The highest BCUT2D eigenvalue weighted by Gasteiger charge is 2.21.